The first-order valence-electron chi connectivity index (χ1n) is 6.83. The Balaban J connectivity index is 2.25. The minimum Gasteiger partial charge on any atom is -0.309 e. The molecule has 0 amide bonds. The molecule has 2 atom stereocenters. The van der Waals surface area contributed by atoms with Crippen LogP contribution in [0, 0.1) is 5.92 Å². The average molecular weight is 231 g/mol. The van der Waals surface area contributed by atoms with Gasteiger partial charge in [0.2, 0.25) is 0 Å². The molecule has 0 N–H and O–H groups in total. The lowest BCUT2D eigenvalue weighted by Crippen LogP contribution is -2.40. The lowest BCUT2D eigenvalue weighted by atomic mass is 9.63. The molecule has 0 heterocycles. The van der Waals surface area contributed by atoms with Crippen molar-refractivity contribution in [3.8, 4) is 0 Å². The zero-order valence-electron chi connectivity index (χ0n) is 11.4. The molecule has 1 nitrogen and oxygen atoms in total. The van der Waals surface area contributed by atoms with Crippen LogP contribution in [0.4, 0.5) is 0 Å². The van der Waals surface area contributed by atoms with E-state index in [1.165, 1.54) is 37.8 Å². The molecule has 1 saturated carbocycles. The second kappa shape index (κ2) is 5.22. The Hall–Kier alpha value is -0.820. The fourth-order valence-electron chi connectivity index (χ4n) is 3.34. The van der Waals surface area contributed by atoms with Gasteiger partial charge in [-0.1, -0.05) is 50.1 Å². The van der Waals surface area contributed by atoms with Crippen molar-refractivity contribution in [2.24, 2.45) is 5.92 Å². The summed E-state index contributed by atoms with van der Waals surface area (Å²) in [5.74, 6) is 0.800. The summed E-state index contributed by atoms with van der Waals surface area (Å²) in [6.07, 6.45) is 5.51. The van der Waals surface area contributed by atoms with Gasteiger partial charge in [-0.25, -0.2) is 0 Å². The smallest absolute Gasteiger partial charge is 0.00120 e. The van der Waals surface area contributed by atoms with Crippen LogP contribution in [0.15, 0.2) is 30.3 Å². The van der Waals surface area contributed by atoms with Crippen molar-refractivity contribution >= 4 is 0 Å². The SMILES string of the molecule is CN(C)C[C@H]1CCCC[C@]1(C)c1ccccc1. The van der Waals surface area contributed by atoms with Crippen molar-refractivity contribution < 1.29 is 0 Å². The molecule has 0 radical (unpaired) electrons. The third-order valence-corrected chi connectivity index (χ3v) is 4.42. The van der Waals surface area contributed by atoms with Gasteiger partial charge in [0.15, 0.2) is 0 Å². The van der Waals surface area contributed by atoms with Crippen molar-refractivity contribution in [3.05, 3.63) is 35.9 Å². The van der Waals surface area contributed by atoms with Crippen LogP contribution in [0.5, 0.6) is 0 Å². The van der Waals surface area contributed by atoms with Gasteiger partial charge in [-0.2, -0.15) is 0 Å². The summed E-state index contributed by atoms with van der Waals surface area (Å²) in [6, 6.07) is 11.1. The highest BCUT2D eigenvalue weighted by Crippen LogP contribution is 2.43. The second-order valence-electron chi connectivity index (χ2n) is 5.99. The van der Waals surface area contributed by atoms with E-state index in [1.54, 1.807) is 0 Å². The van der Waals surface area contributed by atoms with Gasteiger partial charge >= 0.3 is 0 Å². The summed E-state index contributed by atoms with van der Waals surface area (Å²) >= 11 is 0. The normalized spacial score (nSPS) is 29.5. The molecule has 1 aliphatic carbocycles. The maximum atomic E-state index is 2.47. The summed E-state index contributed by atoms with van der Waals surface area (Å²) < 4.78 is 0. The highest BCUT2D eigenvalue weighted by Gasteiger charge is 2.37. The van der Waals surface area contributed by atoms with Crippen molar-refractivity contribution in [3.63, 3.8) is 0 Å². The van der Waals surface area contributed by atoms with E-state index in [1.807, 2.05) is 0 Å². The van der Waals surface area contributed by atoms with Gasteiger partial charge in [0.1, 0.15) is 0 Å². The average Bonchev–Trinajstić information content (AvgIpc) is 2.33. The first-order valence-corrected chi connectivity index (χ1v) is 6.83. The lowest BCUT2D eigenvalue weighted by Gasteiger charge is -2.43. The van der Waals surface area contributed by atoms with Gasteiger partial charge in [-0.05, 0) is 43.8 Å². The summed E-state index contributed by atoms with van der Waals surface area (Å²) in [6.45, 7) is 3.68. The molecule has 1 aliphatic rings. The maximum Gasteiger partial charge on any atom is 0.00120 e. The van der Waals surface area contributed by atoms with E-state index in [0.29, 0.717) is 5.41 Å². The Bertz CT molecular complexity index is 344. The first kappa shape index (κ1) is 12.6. The summed E-state index contributed by atoms with van der Waals surface area (Å²) in [5, 5.41) is 0. The maximum absolute atomic E-state index is 2.47. The summed E-state index contributed by atoms with van der Waals surface area (Å²) in [5.41, 5.74) is 1.91. The fourth-order valence-corrected chi connectivity index (χ4v) is 3.34. The van der Waals surface area contributed by atoms with Crippen LogP contribution in [-0.2, 0) is 5.41 Å². The van der Waals surface area contributed by atoms with Gasteiger partial charge in [-0.15, -0.1) is 0 Å². The molecule has 0 aliphatic heterocycles. The quantitative estimate of drug-likeness (QED) is 0.767. The molecule has 0 bridgehead atoms. The van der Waals surface area contributed by atoms with Gasteiger partial charge in [0.05, 0.1) is 0 Å². The first-order chi connectivity index (χ1) is 8.13. The molecule has 17 heavy (non-hydrogen) atoms. The van der Waals surface area contributed by atoms with Gasteiger partial charge in [-0.3, -0.25) is 0 Å². The predicted octanol–water partition coefficient (Wildman–Crippen LogP) is 3.70. The van der Waals surface area contributed by atoms with Crippen LogP contribution >= 0.6 is 0 Å². The Morgan fingerprint density at radius 1 is 1.18 bits per heavy atom. The Kier molecular flexibility index (Phi) is 3.88. The van der Waals surface area contributed by atoms with Crippen molar-refractivity contribution in [1.82, 2.24) is 4.90 Å². The van der Waals surface area contributed by atoms with E-state index in [-0.39, 0.29) is 0 Å². The van der Waals surface area contributed by atoms with Crippen LogP contribution in [0.3, 0.4) is 0 Å². The number of hydrogen-bond donors (Lipinski definition) is 0. The van der Waals surface area contributed by atoms with E-state index in [9.17, 15) is 0 Å². The Labute approximate surface area is 106 Å². The van der Waals surface area contributed by atoms with Crippen LogP contribution in [-0.4, -0.2) is 25.5 Å². The minimum atomic E-state index is 0.379. The van der Waals surface area contributed by atoms with Crippen LogP contribution in [0.2, 0.25) is 0 Å². The number of rotatable bonds is 3. The Morgan fingerprint density at radius 2 is 1.88 bits per heavy atom. The van der Waals surface area contributed by atoms with Crippen molar-refractivity contribution in [2.75, 3.05) is 20.6 Å². The topological polar surface area (TPSA) is 3.24 Å². The van der Waals surface area contributed by atoms with E-state index in [4.69, 9.17) is 0 Å². The third-order valence-electron chi connectivity index (χ3n) is 4.42. The third kappa shape index (κ3) is 2.71. The summed E-state index contributed by atoms with van der Waals surface area (Å²) in [7, 11) is 4.39. The fraction of sp³-hybridized carbons (Fsp3) is 0.625. The molecule has 0 aromatic heterocycles. The molecule has 2 rings (SSSR count). The molecule has 1 heteroatoms. The molecular weight excluding hydrogens is 206 g/mol. The lowest BCUT2D eigenvalue weighted by molar-refractivity contribution is 0.160. The monoisotopic (exact) mass is 231 g/mol. The van der Waals surface area contributed by atoms with Gasteiger partial charge < -0.3 is 4.90 Å². The van der Waals surface area contributed by atoms with E-state index < -0.39 is 0 Å². The molecule has 0 spiro atoms. The van der Waals surface area contributed by atoms with Crippen molar-refractivity contribution in [1.29, 1.82) is 0 Å². The van der Waals surface area contributed by atoms with E-state index >= 15 is 0 Å². The molecule has 94 valence electrons. The molecule has 1 fully saturated rings. The molecule has 1 aromatic carbocycles. The minimum absolute atomic E-state index is 0.379. The summed E-state index contributed by atoms with van der Waals surface area (Å²) in [4.78, 5) is 2.34. The molecule has 0 unspecified atom stereocenters. The Morgan fingerprint density at radius 3 is 2.53 bits per heavy atom. The van der Waals surface area contributed by atoms with E-state index in [2.05, 4.69) is 56.3 Å². The van der Waals surface area contributed by atoms with Crippen LogP contribution < -0.4 is 0 Å². The van der Waals surface area contributed by atoms with Crippen LogP contribution in [0.1, 0.15) is 38.2 Å². The molecule has 0 saturated heterocycles. The predicted molar refractivity (Wildman–Crippen MR) is 74.3 cm³/mol. The van der Waals surface area contributed by atoms with Gasteiger partial charge in [0.25, 0.3) is 0 Å². The number of hydrogen-bond acceptors (Lipinski definition) is 1. The standard InChI is InChI=1S/C16H25N/c1-16(14-9-5-4-6-10-14)12-8-7-11-15(16)13-17(2)3/h4-6,9-10,15H,7-8,11-13H2,1-3H3/t15-,16-/m1/s1. The van der Waals surface area contributed by atoms with Gasteiger partial charge in [0, 0.05) is 6.54 Å². The van der Waals surface area contributed by atoms with Crippen LogP contribution in [0.25, 0.3) is 0 Å². The zero-order chi connectivity index (χ0) is 12.3. The van der Waals surface area contributed by atoms with Crippen molar-refractivity contribution in [2.45, 2.75) is 38.0 Å². The highest BCUT2D eigenvalue weighted by atomic mass is 15.1. The highest BCUT2D eigenvalue weighted by molar-refractivity contribution is 5.26. The zero-order valence-corrected chi connectivity index (χ0v) is 11.4. The van der Waals surface area contributed by atoms with E-state index in [0.717, 1.165) is 5.92 Å². The molecular formula is C16H25N. The number of benzene rings is 1. The second-order valence-corrected chi connectivity index (χ2v) is 5.99. The molecule has 1 aromatic rings. The largest absolute Gasteiger partial charge is 0.309 e. The number of nitrogens with zero attached hydrogens (tertiary/aromatic N) is 1.